The third kappa shape index (κ3) is 5.32. The van der Waals surface area contributed by atoms with Crippen molar-refractivity contribution in [1.82, 2.24) is 4.98 Å². The van der Waals surface area contributed by atoms with E-state index in [0.29, 0.717) is 5.75 Å². The van der Waals surface area contributed by atoms with Gasteiger partial charge in [-0.15, -0.1) is 11.8 Å². The largest absolute Gasteiger partial charge is 0.473 e. The molecule has 30 heavy (non-hydrogen) atoms. The first-order valence-electron chi connectivity index (χ1n) is 9.11. The highest BCUT2D eigenvalue weighted by atomic mass is 32.2. The Labute approximate surface area is 177 Å². The number of rotatable bonds is 6. The van der Waals surface area contributed by atoms with E-state index < -0.39 is 41.7 Å². The zero-order valence-electron chi connectivity index (χ0n) is 16.6. The fraction of sp³-hybridized carbons (Fsp3) is 0.400. The van der Waals surface area contributed by atoms with E-state index in [4.69, 9.17) is 23.4 Å². The van der Waals surface area contributed by atoms with Gasteiger partial charge >= 0.3 is 17.9 Å². The van der Waals surface area contributed by atoms with Gasteiger partial charge in [0.1, 0.15) is 5.75 Å². The van der Waals surface area contributed by atoms with E-state index in [9.17, 15) is 14.4 Å². The lowest BCUT2D eigenvalue weighted by molar-refractivity contribution is -0.186. The summed E-state index contributed by atoms with van der Waals surface area (Å²) in [6, 6.07) is 3.54. The van der Waals surface area contributed by atoms with E-state index in [1.807, 2.05) is 0 Å². The molecule has 1 saturated heterocycles. The minimum absolute atomic E-state index is 0.279. The van der Waals surface area contributed by atoms with Gasteiger partial charge in [0.25, 0.3) is 0 Å². The monoisotopic (exact) mass is 435 g/mol. The number of carbonyl (C=O) groups excluding carboxylic acids is 3. The predicted molar refractivity (Wildman–Crippen MR) is 105 cm³/mol. The van der Waals surface area contributed by atoms with Crippen LogP contribution in [0.5, 0.6) is 5.75 Å². The van der Waals surface area contributed by atoms with Crippen LogP contribution in [0.25, 0.3) is 11.1 Å². The number of esters is 3. The van der Waals surface area contributed by atoms with Gasteiger partial charge in [0.15, 0.2) is 23.7 Å². The summed E-state index contributed by atoms with van der Waals surface area (Å²) in [5.74, 6) is -1.01. The number of aromatic nitrogens is 1. The Bertz CT molecular complexity index is 900. The maximum Gasteiger partial charge on any atom is 0.303 e. The van der Waals surface area contributed by atoms with Gasteiger partial charge in [-0.25, -0.2) is 0 Å². The van der Waals surface area contributed by atoms with Crippen LogP contribution in [0.2, 0.25) is 0 Å². The van der Waals surface area contributed by atoms with Gasteiger partial charge in [0.05, 0.1) is 18.7 Å². The van der Waals surface area contributed by atoms with Crippen molar-refractivity contribution in [3.63, 3.8) is 0 Å². The van der Waals surface area contributed by atoms with Crippen molar-refractivity contribution in [3.05, 3.63) is 37.1 Å². The van der Waals surface area contributed by atoms with Crippen LogP contribution in [-0.4, -0.2) is 52.4 Å². The van der Waals surface area contributed by atoms with Crippen molar-refractivity contribution in [1.29, 1.82) is 0 Å². The minimum Gasteiger partial charge on any atom is -0.473 e. The molecule has 1 aliphatic rings. The maximum absolute atomic E-state index is 11.8. The summed E-state index contributed by atoms with van der Waals surface area (Å²) in [6.07, 6.45) is 3.44. The number of ether oxygens (including phenoxy) is 4. The van der Waals surface area contributed by atoms with Crippen LogP contribution < -0.4 is 4.74 Å². The smallest absolute Gasteiger partial charge is 0.303 e. The molecular formula is C20H21NO8S. The molecule has 0 radical (unpaired) electrons. The van der Waals surface area contributed by atoms with Crippen molar-refractivity contribution in [2.24, 2.45) is 0 Å². The number of pyridine rings is 1. The molecule has 0 bridgehead atoms. The molecule has 1 aliphatic heterocycles. The van der Waals surface area contributed by atoms with Crippen LogP contribution in [0.1, 0.15) is 20.8 Å². The third-order valence-electron chi connectivity index (χ3n) is 4.16. The molecule has 0 aromatic carbocycles. The van der Waals surface area contributed by atoms with E-state index in [1.54, 1.807) is 24.6 Å². The summed E-state index contributed by atoms with van der Waals surface area (Å²) < 4.78 is 27.4. The summed E-state index contributed by atoms with van der Waals surface area (Å²) in [4.78, 5) is 39.0. The molecule has 0 spiro atoms. The highest BCUT2D eigenvalue weighted by Gasteiger charge is 2.47. The number of hydrogen-bond acceptors (Lipinski definition) is 10. The van der Waals surface area contributed by atoms with Gasteiger partial charge in [-0.2, -0.15) is 0 Å². The molecule has 9 nitrogen and oxygen atoms in total. The Morgan fingerprint density at radius 1 is 1.03 bits per heavy atom. The second-order valence-electron chi connectivity index (χ2n) is 6.50. The molecule has 4 atom stereocenters. The number of thioether (sulfide) groups is 1. The lowest BCUT2D eigenvalue weighted by Gasteiger charge is -2.40. The lowest BCUT2D eigenvalue weighted by atomic mass is 10.1. The lowest BCUT2D eigenvalue weighted by Crippen LogP contribution is -2.55. The van der Waals surface area contributed by atoms with Crippen LogP contribution in [-0.2, 0) is 28.6 Å². The molecule has 0 amide bonds. The van der Waals surface area contributed by atoms with Crippen LogP contribution in [0, 0.1) is 0 Å². The molecule has 0 unspecified atom stereocenters. The van der Waals surface area contributed by atoms with Crippen LogP contribution in [0.15, 0.2) is 41.5 Å². The molecule has 3 heterocycles. The van der Waals surface area contributed by atoms with Crippen molar-refractivity contribution in [3.8, 4) is 16.9 Å². The van der Waals surface area contributed by atoms with E-state index in [2.05, 4.69) is 4.98 Å². The normalized spacial score (nSPS) is 23.3. The van der Waals surface area contributed by atoms with E-state index in [1.165, 1.54) is 45.0 Å². The molecule has 0 N–H and O–H groups in total. The quantitative estimate of drug-likeness (QED) is 0.495. The molecule has 1 fully saturated rings. The molecule has 0 saturated carbocycles. The molecule has 0 aliphatic carbocycles. The number of nitrogens with zero attached hydrogens (tertiary/aromatic N) is 1. The highest BCUT2D eigenvalue weighted by Crippen LogP contribution is 2.37. The van der Waals surface area contributed by atoms with Gasteiger partial charge in [-0.1, -0.05) is 0 Å². The second kappa shape index (κ2) is 9.66. The van der Waals surface area contributed by atoms with Crippen molar-refractivity contribution < 1.29 is 37.7 Å². The molecule has 2 aromatic rings. The topological polar surface area (TPSA) is 114 Å². The predicted octanol–water partition coefficient (Wildman–Crippen LogP) is 2.59. The minimum atomic E-state index is -1.02. The Balaban J connectivity index is 1.91. The first kappa shape index (κ1) is 21.7. The van der Waals surface area contributed by atoms with Gasteiger partial charge in [0, 0.05) is 43.8 Å². The van der Waals surface area contributed by atoms with E-state index >= 15 is 0 Å². The Morgan fingerprint density at radius 3 is 2.37 bits per heavy atom. The zero-order valence-corrected chi connectivity index (χ0v) is 17.4. The molecule has 10 heteroatoms. The number of carbonyl (C=O) groups is 3. The van der Waals surface area contributed by atoms with Crippen LogP contribution in [0.3, 0.4) is 0 Å². The average molecular weight is 435 g/mol. The summed E-state index contributed by atoms with van der Waals surface area (Å²) in [5, 5.41) is 0. The second-order valence-corrected chi connectivity index (χ2v) is 7.63. The molecule has 160 valence electrons. The first-order valence-corrected chi connectivity index (χ1v) is 10.2. The van der Waals surface area contributed by atoms with Gasteiger partial charge in [0.2, 0.25) is 0 Å². The summed E-state index contributed by atoms with van der Waals surface area (Å²) in [6.45, 7) is 3.72. The standard InChI is InChI=1S/C20H21NO8S/c1-11(22)26-17-10-30-20(19(28-13(3)24)18(17)27-12(2)23)29-16-8-21-6-4-15(16)14-5-7-25-9-14/h4-9,17-20H,10H2,1-3H3/t17-,18+,19-,20-/m1/s1. The van der Waals surface area contributed by atoms with Crippen LogP contribution >= 0.6 is 11.8 Å². The fourth-order valence-electron chi connectivity index (χ4n) is 3.07. The zero-order chi connectivity index (χ0) is 21.7. The summed E-state index contributed by atoms with van der Waals surface area (Å²) >= 11 is 1.28. The third-order valence-corrected chi connectivity index (χ3v) is 5.38. The maximum atomic E-state index is 11.8. The Kier molecular flexibility index (Phi) is 6.99. The summed E-state index contributed by atoms with van der Waals surface area (Å²) in [7, 11) is 0. The molecular weight excluding hydrogens is 414 g/mol. The Hall–Kier alpha value is -3.01. The summed E-state index contributed by atoms with van der Waals surface area (Å²) in [5.41, 5.74) is 0.776. The van der Waals surface area contributed by atoms with Gasteiger partial charge < -0.3 is 23.4 Å². The number of hydrogen-bond donors (Lipinski definition) is 0. The molecule has 2 aromatic heterocycles. The van der Waals surface area contributed by atoms with Crippen molar-refractivity contribution >= 4 is 29.7 Å². The van der Waals surface area contributed by atoms with Crippen molar-refractivity contribution in [2.45, 2.75) is 44.5 Å². The highest BCUT2D eigenvalue weighted by molar-refractivity contribution is 7.99. The van der Waals surface area contributed by atoms with Crippen molar-refractivity contribution in [2.75, 3.05) is 5.75 Å². The molecule has 3 rings (SSSR count). The van der Waals surface area contributed by atoms with Gasteiger partial charge in [-0.3, -0.25) is 19.4 Å². The van der Waals surface area contributed by atoms with E-state index in [0.717, 1.165) is 11.1 Å². The number of furan rings is 1. The first-order chi connectivity index (χ1) is 14.3. The van der Waals surface area contributed by atoms with E-state index in [-0.39, 0.29) is 5.75 Å². The SMILES string of the molecule is CC(=O)O[C@@H]1[C@@H](OC(C)=O)[C@H](OC(C)=O)CS[C@H]1Oc1cnccc1-c1ccoc1. The fourth-order valence-corrected chi connectivity index (χ4v) is 4.27. The Morgan fingerprint density at radius 2 is 1.73 bits per heavy atom. The van der Waals surface area contributed by atoms with Gasteiger partial charge in [-0.05, 0) is 12.1 Å². The van der Waals surface area contributed by atoms with Crippen LogP contribution in [0.4, 0.5) is 0 Å². The average Bonchev–Trinajstić information content (AvgIpc) is 3.20.